The number of alkyl halides is 1. The molecule has 3 nitrogen and oxygen atoms in total. The standard InChI is InChI=1S/C3H7ClO3S.Na.H/c1-2-3(4)8(5,6)7;;/h3H,2H2,1H3,(H,5,6,7);;. The van der Waals surface area contributed by atoms with Crippen molar-refractivity contribution < 1.29 is 13.0 Å². The average molecular weight is 183 g/mol. The summed E-state index contributed by atoms with van der Waals surface area (Å²) in [5, 5.41) is 0. The zero-order chi connectivity index (χ0) is 6.78. The number of rotatable bonds is 2. The van der Waals surface area contributed by atoms with Gasteiger partial charge in [0.2, 0.25) is 0 Å². The van der Waals surface area contributed by atoms with Crippen molar-refractivity contribution >= 4 is 51.3 Å². The Morgan fingerprint density at radius 2 is 2.00 bits per heavy atom. The van der Waals surface area contributed by atoms with E-state index in [-0.39, 0.29) is 36.0 Å². The molecule has 6 heteroatoms. The summed E-state index contributed by atoms with van der Waals surface area (Å²) in [5.74, 6) is 0. The Bertz CT molecular complexity index is 154. The van der Waals surface area contributed by atoms with Gasteiger partial charge in [0.05, 0.1) is 0 Å². The van der Waals surface area contributed by atoms with Crippen LogP contribution in [-0.2, 0) is 10.1 Å². The van der Waals surface area contributed by atoms with E-state index in [0.29, 0.717) is 0 Å². The van der Waals surface area contributed by atoms with Crippen LogP contribution < -0.4 is 0 Å². The third-order valence-corrected chi connectivity index (χ3v) is 2.61. The van der Waals surface area contributed by atoms with Gasteiger partial charge in [0.15, 0.2) is 4.71 Å². The van der Waals surface area contributed by atoms with Gasteiger partial charge in [0, 0.05) is 0 Å². The van der Waals surface area contributed by atoms with E-state index >= 15 is 0 Å². The van der Waals surface area contributed by atoms with E-state index in [1.54, 1.807) is 6.92 Å². The summed E-state index contributed by atoms with van der Waals surface area (Å²) in [5.41, 5.74) is 0. The Kier molecular flexibility index (Phi) is 7.04. The normalized spacial score (nSPS) is 14.1. The van der Waals surface area contributed by atoms with Gasteiger partial charge >= 0.3 is 29.6 Å². The van der Waals surface area contributed by atoms with E-state index in [2.05, 4.69) is 0 Å². The molecule has 0 aliphatic heterocycles. The molecule has 0 rings (SSSR count). The number of hydrogen-bond donors (Lipinski definition) is 1. The van der Waals surface area contributed by atoms with Gasteiger partial charge in [-0.15, -0.1) is 11.6 Å². The van der Waals surface area contributed by atoms with Crippen LogP contribution in [0.5, 0.6) is 0 Å². The van der Waals surface area contributed by atoms with E-state index in [0.717, 1.165) is 0 Å². The van der Waals surface area contributed by atoms with E-state index in [4.69, 9.17) is 16.2 Å². The fourth-order valence-electron chi connectivity index (χ4n) is 0.211. The summed E-state index contributed by atoms with van der Waals surface area (Å²) >= 11 is 5.10. The van der Waals surface area contributed by atoms with Crippen molar-refractivity contribution in [2.45, 2.75) is 18.1 Å². The minimum absolute atomic E-state index is 0. The summed E-state index contributed by atoms with van der Waals surface area (Å²) in [6, 6.07) is 0. The third kappa shape index (κ3) is 5.63. The summed E-state index contributed by atoms with van der Waals surface area (Å²) in [7, 11) is -3.99. The molecule has 1 unspecified atom stereocenters. The SMILES string of the molecule is CCC(Cl)S(=O)(=O)O.[NaH]. The second-order valence-electron chi connectivity index (χ2n) is 1.33. The first-order valence-electron chi connectivity index (χ1n) is 2.09. The van der Waals surface area contributed by atoms with Crippen LogP contribution in [0.1, 0.15) is 13.3 Å². The van der Waals surface area contributed by atoms with Crippen LogP contribution in [-0.4, -0.2) is 47.2 Å². The van der Waals surface area contributed by atoms with Crippen molar-refractivity contribution in [3.8, 4) is 0 Å². The second kappa shape index (κ2) is 4.93. The van der Waals surface area contributed by atoms with Gasteiger partial charge < -0.3 is 0 Å². The quantitative estimate of drug-likeness (QED) is 0.377. The topological polar surface area (TPSA) is 54.4 Å². The molecule has 0 heterocycles. The molecule has 9 heavy (non-hydrogen) atoms. The van der Waals surface area contributed by atoms with Gasteiger partial charge in [-0.3, -0.25) is 4.55 Å². The Balaban J connectivity index is 0. The zero-order valence-electron chi connectivity index (χ0n) is 4.33. The maximum atomic E-state index is 9.99. The van der Waals surface area contributed by atoms with Crippen molar-refractivity contribution in [3.63, 3.8) is 0 Å². The number of hydrogen-bond acceptors (Lipinski definition) is 2. The minimum atomic E-state index is -3.99. The van der Waals surface area contributed by atoms with E-state index in [9.17, 15) is 8.42 Å². The molecular formula is C3H8ClNaO3S. The van der Waals surface area contributed by atoms with Gasteiger partial charge in [0.25, 0.3) is 10.1 Å². The van der Waals surface area contributed by atoms with Crippen molar-refractivity contribution in [3.05, 3.63) is 0 Å². The molecule has 0 fully saturated rings. The molecular weight excluding hydrogens is 175 g/mol. The predicted molar refractivity (Wildman–Crippen MR) is 38.6 cm³/mol. The first kappa shape index (κ1) is 12.8. The van der Waals surface area contributed by atoms with E-state index in [1.807, 2.05) is 0 Å². The Labute approximate surface area is 81.8 Å². The van der Waals surface area contributed by atoms with Crippen LogP contribution in [0.4, 0.5) is 0 Å². The molecule has 0 aliphatic carbocycles. The molecule has 1 N–H and O–H groups in total. The molecule has 0 bridgehead atoms. The van der Waals surface area contributed by atoms with Crippen molar-refractivity contribution in [1.29, 1.82) is 0 Å². The summed E-state index contributed by atoms with van der Waals surface area (Å²) in [6.45, 7) is 1.57. The fraction of sp³-hybridized carbons (Fsp3) is 1.00. The van der Waals surface area contributed by atoms with Gasteiger partial charge in [0.1, 0.15) is 0 Å². The molecule has 0 radical (unpaired) electrons. The van der Waals surface area contributed by atoms with Crippen LogP contribution >= 0.6 is 11.6 Å². The third-order valence-electron chi connectivity index (χ3n) is 0.644. The van der Waals surface area contributed by atoms with Gasteiger partial charge in [-0.25, -0.2) is 0 Å². The summed E-state index contributed by atoms with van der Waals surface area (Å²) in [6.07, 6.45) is 0.223. The van der Waals surface area contributed by atoms with Crippen molar-refractivity contribution in [2.24, 2.45) is 0 Å². The molecule has 0 aromatic carbocycles. The van der Waals surface area contributed by atoms with Crippen LogP contribution in [0.2, 0.25) is 0 Å². The average Bonchev–Trinajstić information content (AvgIpc) is 1.62. The van der Waals surface area contributed by atoms with Crippen LogP contribution in [0.25, 0.3) is 0 Å². The van der Waals surface area contributed by atoms with Gasteiger partial charge in [-0.1, -0.05) is 6.92 Å². The molecule has 52 valence electrons. The van der Waals surface area contributed by atoms with E-state index in [1.165, 1.54) is 0 Å². The maximum absolute atomic E-state index is 9.99. The van der Waals surface area contributed by atoms with Crippen molar-refractivity contribution in [2.75, 3.05) is 0 Å². The van der Waals surface area contributed by atoms with Crippen LogP contribution in [0, 0.1) is 0 Å². The van der Waals surface area contributed by atoms with Crippen LogP contribution in [0.3, 0.4) is 0 Å². The van der Waals surface area contributed by atoms with Crippen LogP contribution in [0.15, 0.2) is 0 Å². The first-order valence-corrected chi connectivity index (χ1v) is 4.02. The van der Waals surface area contributed by atoms with E-state index < -0.39 is 14.8 Å². The Morgan fingerprint density at radius 3 is 2.00 bits per heavy atom. The van der Waals surface area contributed by atoms with Crippen molar-refractivity contribution in [1.82, 2.24) is 0 Å². The summed E-state index contributed by atoms with van der Waals surface area (Å²) in [4.78, 5) is 0. The molecule has 0 saturated heterocycles. The molecule has 0 saturated carbocycles. The second-order valence-corrected chi connectivity index (χ2v) is 3.72. The predicted octanol–water partition coefficient (Wildman–Crippen LogP) is 0.201. The molecule has 0 amide bonds. The monoisotopic (exact) mass is 182 g/mol. The summed E-state index contributed by atoms with van der Waals surface area (Å²) < 4.78 is 26.9. The Morgan fingerprint density at radius 1 is 1.67 bits per heavy atom. The Hall–Kier alpha value is 1.20. The molecule has 1 atom stereocenters. The molecule has 0 aromatic heterocycles. The fourth-order valence-corrected chi connectivity index (χ4v) is 0.632. The first-order chi connectivity index (χ1) is 3.48. The molecule has 0 aromatic rings. The van der Waals surface area contributed by atoms with Gasteiger partial charge in [-0.2, -0.15) is 8.42 Å². The molecule has 0 spiro atoms. The number of halogens is 1. The zero-order valence-corrected chi connectivity index (χ0v) is 5.91. The van der Waals surface area contributed by atoms with Gasteiger partial charge in [-0.05, 0) is 6.42 Å². The molecule has 0 aliphatic rings.